The minimum absolute atomic E-state index is 0.0720. The molecule has 0 atom stereocenters. The maximum atomic E-state index is 11.8. The molecule has 1 aromatic rings. The van der Waals surface area contributed by atoms with E-state index in [1.807, 2.05) is 0 Å². The van der Waals surface area contributed by atoms with Crippen LogP contribution >= 0.6 is 11.6 Å². The molecule has 0 aromatic heterocycles. The molecular weight excluding hydrogens is 282 g/mol. The number of nitrogens with two attached hydrogens (primary N) is 2. The van der Waals surface area contributed by atoms with Crippen molar-refractivity contribution in [2.24, 2.45) is 5.73 Å². The van der Waals surface area contributed by atoms with Gasteiger partial charge in [-0.15, -0.1) is 0 Å². The number of benzene rings is 1. The lowest BCUT2D eigenvalue weighted by Crippen LogP contribution is -2.29. The minimum atomic E-state index is -3.80. The van der Waals surface area contributed by atoms with E-state index in [0.717, 1.165) is 0 Å². The highest BCUT2D eigenvalue weighted by molar-refractivity contribution is 7.89. The molecule has 5 N–H and O–H groups in total. The quantitative estimate of drug-likeness (QED) is 0.532. The fraction of sp³-hybridized carbons (Fsp3) is 0.222. The van der Waals surface area contributed by atoms with Gasteiger partial charge in [-0.1, -0.05) is 11.6 Å². The van der Waals surface area contributed by atoms with Crippen LogP contribution in [0.1, 0.15) is 0 Å². The first kappa shape index (κ1) is 14.6. The second kappa shape index (κ2) is 5.89. The van der Waals surface area contributed by atoms with Gasteiger partial charge in [-0.3, -0.25) is 0 Å². The van der Waals surface area contributed by atoms with E-state index in [1.54, 1.807) is 0 Å². The largest absolute Gasteiger partial charge is 0.448 e. The zero-order chi connectivity index (χ0) is 13.8. The third-order valence-electron chi connectivity index (χ3n) is 1.90. The molecule has 1 rings (SSSR count). The molecule has 0 unspecified atom stereocenters. The molecule has 0 aliphatic heterocycles. The van der Waals surface area contributed by atoms with E-state index in [0.29, 0.717) is 0 Å². The number of hydrogen-bond acceptors (Lipinski definition) is 5. The zero-order valence-electron chi connectivity index (χ0n) is 9.22. The van der Waals surface area contributed by atoms with E-state index >= 15 is 0 Å². The lowest BCUT2D eigenvalue weighted by molar-refractivity contribution is 0.159. The number of nitrogen functional groups attached to an aromatic ring is 1. The van der Waals surface area contributed by atoms with Gasteiger partial charge in [0.15, 0.2) is 0 Å². The molecule has 0 heterocycles. The van der Waals surface area contributed by atoms with Crippen LogP contribution in [0.15, 0.2) is 23.1 Å². The molecule has 7 nitrogen and oxygen atoms in total. The van der Waals surface area contributed by atoms with E-state index in [1.165, 1.54) is 18.2 Å². The van der Waals surface area contributed by atoms with E-state index in [4.69, 9.17) is 23.1 Å². The number of nitrogens with one attached hydrogen (secondary N) is 1. The van der Waals surface area contributed by atoms with Gasteiger partial charge in [0.05, 0.1) is 5.69 Å². The van der Waals surface area contributed by atoms with Gasteiger partial charge in [-0.05, 0) is 18.2 Å². The Morgan fingerprint density at radius 3 is 2.72 bits per heavy atom. The van der Waals surface area contributed by atoms with Crippen molar-refractivity contribution < 1.29 is 17.9 Å². The summed E-state index contributed by atoms with van der Waals surface area (Å²) in [6, 6.07) is 4.09. The first-order valence-electron chi connectivity index (χ1n) is 4.80. The fourth-order valence-corrected chi connectivity index (χ4v) is 2.55. The number of anilines is 1. The molecule has 0 spiro atoms. The number of carbonyl (C=O) groups excluding carboxylic acids is 1. The predicted octanol–water partition coefficient (Wildman–Crippen LogP) is 0.296. The Morgan fingerprint density at radius 2 is 2.11 bits per heavy atom. The van der Waals surface area contributed by atoms with Crippen LogP contribution < -0.4 is 16.2 Å². The van der Waals surface area contributed by atoms with Crippen LogP contribution in [0.2, 0.25) is 5.02 Å². The Balaban J connectivity index is 2.74. The van der Waals surface area contributed by atoms with Crippen molar-refractivity contribution >= 4 is 33.4 Å². The van der Waals surface area contributed by atoms with Crippen molar-refractivity contribution in [2.45, 2.75) is 4.90 Å². The highest BCUT2D eigenvalue weighted by Gasteiger charge is 2.17. The molecule has 0 bridgehead atoms. The zero-order valence-corrected chi connectivity index (χ0v) is 10.8. The molecule has 1 aromatic carbocycles. The molecule has 100 valence electrons. The van der Waals surface area contributed by atoms with Gasteiger partial charge in [0.2, 0.25) is 10.0 Å². The lowest BCUT2D eigenvalue weighted by atomic mass is 10.3. The van der Waals surface area contributed by atoms with E-state index in [-0.39, 0.29) is 28.8 Å². The van der Waals surface area contributed by atoms with Crippen LogP contribution in [0.25, 0.3) is 0 Å². The fourth-order valence-electron chi connectivity index (χ4n) is 1.15. The standard InChI is InChI=1S/C9H12ClN3O4S/c10-6-1-2-7(11)8(5-6)18(15,16)13-3-4-17-9(12)14/h1-2,5,13H,3-4,11H2,(H2,12,14). The van der Waals surface area contributed by atoms with Crippen LogP contribution in [-0.4, -0.2) is 27.7 Å². The molecule has 18 heavy (non-hydrogen) atoms. The Morgan fingerprint density at radius 1 is 1.44 bits per heavy atom. The summed E-state index contributed by atoms with van der Waals surface area (Å²) in [5.74, 6) is 0. The summed E-state index contributed by atoms with van der Waals surface area (Å²) < 4.78 is 30.2. The number of rotatable bonds is 5. The monoisotopic (exact) mass is 293 g/mol. The Kier molecular flexibility index (Phi) is 4.76. The number of amides is 1. The number of halogens is 1. The van der Waals surface area contributed by atoms with Crippen LogP contribution in [0.3, 0.4) is 0 Å². The number of ether oxygens (including phenoxy) is 1. The van der Waals surface area contributed by atoms with Gasteiger partial charge in [-0.2, -0.15) is 0 Å². The van der Waals surface area contributed by atoms with Gasteiger partial charge in [0.1, 0.15) is 11.5 Å². The molecule has 0 saturated heterocycles. The van der Waals surface area contributed by atoms with Gasteiger partial charge < -0.3 is 16.2 Å². The SMILES string of the molecule is NC(=O)OCCNS(=O)(=O)c1cc(Cl)ccc1N. The number of hydrogen-bond donors (Lipinski definition) is 3. The number of carbonyl (C=O) groups is 1. The molecule has 0 radical (unpaired) electrons. The maximum absolute atomic E-state index is 11.8. The van der Waals surface area contributed by atoms with E-state index in [9.17, 15) is 13.2 Å². The predicted molar refractivity (Wildman–Crippen MR) is 66.6 cm³/mol. The van der Waals surface area contributed by atoms with Crippen molar-refractivity contribution in [1.82, 2.24) is 4.72 Å². The Hall–Kier alpha value is -1.51. The molecule has 0 aliphatic carbocycles. The van der Waals surface area contributed by atoms with Gasteiger partial charge in [0, 0.05) is 11.6 Å². The van der Waals surface area contributed by atoms with Crippen molar-refractivity contribution in [3.05, 3.63) is 23.2 Å². The highest BCUT2D eigenvalue weighted by atomic mass is 35.5. The minimum Gasteiger partial charge on any atom is -0.448 e. The summed E-state index contributed by atoms with van der Waals surface area (Å²) in [7, 11) is -3.80. The highest BCUT2D eigenvalue weighted by Crippen LogP contribution is 2.22. The van der Waals surface area contributed by atoms with Crippen LogP contribution in [0.4, 0.5) is 10.5 Å². The molecular formula is C9H12ClN3O4S. The summed E-state index contributed by atoms with van der Waals surface area (Å²) >= 11 is 5.69. The molecule has 9 heteroatoms. The normalized spacial score (nSPS) is 11.2. The lowest BCUT2D eigenvalue weighted by Gasteiger charge is -2.09. The van der Waals surface area contributed by atoms with E-state index < -0.39 is 16.1 Å². The van der Waals surface area contributed by atoms with Crippen molar-refractivity contribution in [2.75, 3.05) is 18.9 Å². The third-order valence-corrected chi connectivity index (χ3v) is 3.66. The van der Waals surface area contributed by atoms with E-state index in [2.05, 4.69) is 9.46 Å². The van der Waals surface area contributed by atoms with Crippen LogP contribution in [0.5, 0.6) is 0 Å². The summed E-state index contributed by atoms with van der Waals surface area (Å²) in [4.78, 5) is 10.1. The second-order valence-electron chi connectivity index (χ2n) is 3.25. The van der Waals surface area contributed by atoms with Gasteiger partial charge in [-0.25, -0.2) is 17.9 Å². The smallest absolute Gasteiger partial charge is 0.404 e. The number of primary amides is 1. The average Bonchev–Trinajstić information content (AvgIpc) is 2.27. The summed E-state index contributed by atoms with van der Waals surface area (Å²) in [6.45, 7) is -0.285. The molecule has 1 amide bonds. The van der Waals surface area contributed by atoms with Gasteiger partial charge >= 0.3 is 6.09 Å². The topological polar surface area (TPSA) is 125 Å². The average molecular weight is 294 g/mol. The first-order valence-corrected chi connectivity index (χ1v) is 6.66. The van der Waals surface area contributed by atoms with Crippen molar-refractivity contribution in [3.63, 3.8) is 0 Å². The Bertz CT molecular complexity index is 547. The number of sulfonamides is 1. The van der Waals surface area contributed by atoms with Gasteiger partial charge in [0.25, 0.3) is 0 Å². The molecule has 0 aliphatic rings. The van der Waals surface area contributed by atoms with Crippen LogP contribution in [0, 0.1) is 0 Å². The molecule has 0 saturated carbocycles. The van der Waals surface area contributed by atoms with Crippen LogP contribution in [-0.2, 0) is 14.8 Å². The van der Waals surface area contributed by atoms with Crippen molar-refractivity contribution in [1.29, 1.82) is 0 Å². The molecule has 0 fully saturated rings. The van der Waals surface area contributed by atoms with Crippen molar-refractivity contribution in [3.8, 4) is 0 Å². The summed E-state index contributed by atoms with van der Waals surface area (Å²) in [6.07, 6.45) is -0.975. The second-order valence-corrected chi connectivity index (χ2v) is 5.42. The Labute approximate surface area is 109 Å². The maximum Gasteiger partial charge on any atom is 0.404 e. The first-order chi connectivity index (χ1) is 8.33. The summed E-state index contributed by atoms with van der Waals surface area (Å²) in [5, 5.41) is 0.248. The summed E-state index contributed by atoms with van der Waals surface area (Å²) in [5.41, 5.74) is 10.3. The third kappa shape index (κ3) is 4.06.